The monoisotopic (exact) mass is 447 g/mol. The summed E-state index contributed by atoms with van der Waals surface area (Å²) in [6, 6.07) is 13.8. The van der Waals surface area contributed by atoms with Crippen LogP contribution < -0.4 is 9.64 Å². The van der Waals surface area contributed by atoms with Crippen molar-refractivity contribution in [1.82, 2.24) is 0 Å². The number of nitrogens with zero attached hydrogens (tertiary/aromatic N) is 1. The Morgan fingerprint density at radius 2 is 1.88 bits per heavy atom. The SMILES string of the molecule is Cc1cccc(C2/C(=C(/O)c3ccc4c(c3)CCO4)C(=O)C(=O)N2c2ccc(F)cc2F)c1. The smallest absolute Gasteiger partial charge is 0.300 e. The lowest BCUT2D eigenvalue weighted by atomic mass is 9.93. The minimum Gasteiger partial charge on any atom is -0.507 e. The van der Waals surface area contributed by atoms with Crippen LogP contribution in [0.5, 0.6) is 5.75 Å². The maximum absolute atomic E-state index is 14.7. The average Bonchev–Trinajstić information content (AvgIpc) is 3.36. The van der Waals surface area contributed by atoms with Gasteiger partial charge >= 0.3 is 0 Å². The van der Waals surface area contributed by atoms with E-state index in [4.69, 9.17) is 4.74 Å². The number of aryl methyl sites for hydroxylation is 1. The van der Waals surface area contributed by atoms with Crippen molar-refractivity contribution in [3.8, 4) is 5.75 Å². The van der Waals surface area contributed by atoms with Crippen LogP contribution in [-0.2, 0) is 16.0 Å². The largest absolute Gasteiger partial charge is 0.507 e. The molecule has 3 aromatic carbocycles. The second-order valence-electron chi connectivity index (χ2n) is 8.10. The van der Waals surface area contributed by atoms with Crippen molar-refractivity contribution >= 4 is 23.1 Å². The van der Waals surface area contributed by atoms with E-state index in [1.165, 1.54) is 0 Å². The van der Waals surface area contributed by atoms with Crippen molar-refractivity contribution < 1.29 is 28.2 Å². The molecule has 0 saturated carbocycles. The van der Waals surface area contributed by atoms with Gasteiger partial charge in [0.15, 0.2) is 0 Å². The molecule has 0 radical (unpaired) electrons. The summed E-state index contributed by atoms with van der Waals surface area (Å²) in [5.74, 6) is -3.39. The third-order valence-corrected chi connectivity index (χ3v) is 5.93. The zero-order chi connectivity index (χ0) is 23.3. The molecular formula is C26H19F2NO4. The molecule has 1 N–H and O–H groups in total. The van der Waals surface area contributed by atoms with Gasteiger partial charge in [-0.1, -0.05) is 29.8 Å². The molecule has 0 bridgehead atoms. The minimum atomic E-state index is -1.09. The number of Topliss-reactive ketones (excluding diaryl/α,β-unsaturated/α-hetero) is 1. The van der Waals surface area contributed by atoms with Crippen molar-refractivity contribution in [3.63, 3.8) is 0 Å². The van der Waals surface area contributed by atoms with Crippen LogP contribution in [0, 0.1) is 18.6 Å². The van der Waals surface area contributed by atoms with E-state index in [0.717, 1.165) is 28.2 Å². The standard InChI is InChI=1S/C26H19F2NO4/c1-14-3-2-4-16(11-14)23-22(24(30)17-5-8-21-15(12-17)9-10-33-21)25(31)26(32)29(23)20-7-6-18(27)13-19(20)28/h2-8,11-13,23,30H,9-10H2,1H3/b24-22-. The number of carbonyl (C=O) groups excluding carboxylic acids is 2. The van der Waals surface area contributed by atoms with Crippen LogP contribution in [-0.4, -0.2) is 23.4 Å². The first-order valence-electron chi connectivity index (χ1n) is 10.4. The van der Waals surface area contributed by atoms with Crippen LogP contribution in [0.25, 0.3) is 5.76 Å². The van der Waals surface area contributed by atoms with E-state index < -0.39 is 29.4 Å². The van der Waals surface area contributed by atoms with E-state index >= 15 is 0 Å². The van der Waals surface area contributed by atoms with Gasteiger partial charge in [-0.2, -0.15) is 0 Å². The molecule has 0 aliphatic carbocycles. The van der Waals surface area contributed by atoms with Gasteiger partial charge in [0, 0.05) is 18.1 Å². The number of carbonyl (C=O) groups is 2. The molecule has 5 rings (SSSR count). The van der Waals surface area contributed by atoms with E-state index in [9.17, 15) is 23.5 Å². The van der Waals surface area contributed by atoms with Gasteiger partial charge in [0.05, 0.1) is 23.9 Å². The van der Waals surface area contributed by atoms with Gasteiger partial charge in [-0.25, -0.2) is 8.78 Å². The Morgan fingerprint density at radius 3 is 2.64 bits per heavy atom. The lowest BCUT2D eigenvalue weighted by Gasteiger charge is -2.26. The molecule has 1 amide bonds. The second kappa shape index (κ2) is 7.85. The molecule has 3 aromatic rings. The Morgan fingerprint density at radius 1 is 1.06 bits per heavy atom. The molecule has 1 atom stereocenters. The number of halogens is 2. The summed E-state index contributed by atoms with van der Waals surface area (Å²) < 4.78 is 33.8. The first kappa shape index (κ1) is 20.9. The lowest BCUT2D eigenvalue weighted by molar-refractivity contribution is -0.132. The minimum absolute atomic E-state index is 0.159. The zero-order valence-corrected chi connectivity index (χ0v) is 17.6. The number of hydrogen-bond donors (Lipinski definition) is 1. The predicted molar refractivity (Wildman–Crippen MR) is 118 cm³/mol. The Hall–Kier alpha value is -4.00. The number of aliphatic hydroxyl groups is 1. The summed E-state index contributed by atoms with van der Waals surface area (Å²) in [6.07, 6.45) is 0.660. The van der Waals surface area contributed by atoms with Crippen molar-refractivity contribution in [2.24, 2.45) is 0 Å². The number of fused-ring (bicyclic) bond motifs is 1. The van der Waals surface area contributed by atoms with Crippen molar-refractivity contribution in [1.29, 1.82) is 0 Å². The highest BCUT2D eigenvalue weighted by molar-refractivity contribution is 6.51. The molecule has 0 spiro atoms. The van der Waals surface area contributed by atoms with E-state index in [1.54, 1.807) is 36.4 Å². The number of anilines is 1. The summed E-state index contributed by atoms with van der Waals surface area (Å²) in [6.45, 7) is 2.37. The second-order valence-corrected chi connectivity index (χ2v) is 8.10. The van der Waals surface area contributed by atoms with Crippen LogP contribution >= 0.6 is 0 Å². The zero-order valence-electron chi connectivity index (χ0n) is 17.6. The topological polar surface area (TPSA) is 66.8 Å². The number of amides is 1. The van der Waals surface area contributed by atoms with Crippen LogP contribution in [0.3, 0.4) is 0 Å². The fourth-order valence-corrected chi connectivity index (χ4v) is 4.40. The van der Waals surface area contributed by atoms with Gasteiger partial charge in [0.1, 0.15) is 23.1 Å². The number of aliphatic hydroxyl groups excluding tert-OH is 1. The van der Waals surface area contributed by atoms with Gasteiger partial charge in [0.25, 0.3) is 11.7 Å². The molecule has 1 fully saturated rings. The average molecular weight is 447 g/mol. The third kappa shape index (κ3) is 3.46. The van der Waals surface area contributed by atoms with Gasteiger partial charge in [0.2, 0.25) is 0 Å². The Labute approximate surface area is 188 Å². The molecule has 1 saturated heterocycles. The van der Waals surface area contributed by atoms with Crippen molar-refractivity contribution in [2.45, 2.75) is 19.4 Å². The van der Waals surface area contributed by atoms with Crippen LogP contribution in [0.2, 0.25) is 0 Å². The Kier molecular flexibility index (Phi) is 4.96. The molecule has 2 aliphatic heterocycles. The maximum Gasteiger partial charge on any atom is 0.300 e. The first-order chi connectivity index (χ1) is 15.8. The van der Waals surface area contributed by atoms with E-state index in [2.05, 4.69) is 0 Å². The maximum atomic E-state index is 14.7. The highest BCUT2D eigenvalue weighted by atomic mass is 19.1. The van der Waals surface area contributed by atoms with Crippen LogP contribution in [0.1, 0.15) is 28.3 Å². The Balaban J connectivity index is 1.73. The normalized spacial score (nSPS) is 19.0. The number of rotatable bonds is 3. The van der Waals surface area contributed by atoms with E-state index in [-0.39, 0.29) is 17.0 Å². The van der Waals surface area contributed by atoms with Gasteiger partial charge in [-0.05, 0) is 48.4 Å². The molecule has 2 aliphatic rings. The number of hydrogen-bond acceptors (Lipinski definition) is 4. The molecule has 166 valence electrons. The number of benzene rings is 3. The molecule has 1 unspecified atom stereocenters. The summed E-state index contributed by atoms with van der Waals surface area (Å²) >= 11 is 0. The van der Waals surface area contributed by atoms with Gasteiger partial charge in [-0.15, -0.1) is 0 Å². The Bertz CT molecular complexity index is 1350. The molecular weight excluding hydrogens is 428 g/mol. The summed E-state index contributed by atoms with van der Waals surface area (Å²) in [4.78, 5) is 27.2. The summed E-state index contributed by atoms with van der Waals surface area (Å²) in [5, 5.41) is 11.2. The predicted octanol–water partition coefficient (Wildman–Crippen LogP) is 4.83. The molecule has 5 nitrogen and oxygen atoms in total. The quantitative estimate of drug-likeness (QED) is 0.355. The fourth-order valence-electron chi connectivity index (χ4n) is 4.40. The molecule has 7 heteroatoms. The van der Waals surface area contributed by atoms with Crippen molar-refractivity contribution in [3.05, 3.63) is 100 Å². The van der Waals surface area contributed by atoms with Crippen LogP contribution in [0.4, 0.5) is 14.5 Å². The molecule has 2 heterocycles. The summed E-state index contributed by atoms with van der Waals surface area (Å²) in [5.41, 5.74) is 2.20. The highest BCUT2D eigenvalue weighted by Crippen LogP contribution is 2.43. The van der Waals surface area contributed by atoms with Gasteiger partial charge < -0.3 is 9.84 Å². The third-order valence-electron chi connectivity index (χ3n) is 5.93. The van der Waals surface area contributed by atoms with Gasteiger partial charge in [-0.3, -0.25) is 14.5 Å². The molecule has 0 aromatic heterocycles. The van der Waals surface area contributed by atoms with Crippen LogP contribution in [0.15, 0.2) is 66.2 Å². The van der Waals surface area contributed by atoms with E-state index in [1.807, 2.05) is 13.0 Å². The fraction of sp³-hybridized carbons (Fsp3) is 0.154. The lowest BCUT2D eigenvalue weighted by Crippen LogP contribution is -2.30. The first-order valence-corrected chi connectivity index (χ1v) is 10.4. The molecule has 33 heavy (non-hydrogen) atoms. The number of ketones is 1. The highest BCUT2D eigenvalue weighted by Gasteiger charge is 2.47. The van der Waals surface area contributed by atoms with Crippen molar-refractivity contribution in [2.75, 3.05) is 11.5 Å². The van der Waals surface area contributed by atoms with E-state index in [0.29, 0.717) is 36.0 Å². The summed E-state index contributed by atoms with van der Waals surface area (Å²) in [7, 11) is 0. The number of ether oxygens (including phenoxy) is 1.